The first kappa shape index (κ1) is 15.4. The van der Waals surface area contributed by atoms with Crippen LogP contribution in [0.4, 0.5) is 0 Å². The van der Waals surface area contributed by atoms with Crippen LogP contribution in [-0.2, 0) is 4.79 Å². The lowest BCUT2D eigenvalue weighted by Crippen LogP contribution is -2.45. The maximum atomic E-state index is 11.7. The highest BCUT2D eigenvalue weighted by atomic mass is 16.2. The van der Waals surface area contributed by atoms with Crippen molar-refractivity contribution in [2.24, 2.45) is 17.6 Å². The molecule has 3 N–H and O–H groups in total. The Bertz CT molecular complexity index is 204. The van der Waals surface area contributed by atoms with Gasteiger partial charge in [-0.3, -0.25) is 4.79 Å². The second-order valence-electron chi connectivity index (χ2n) is 5.39. The summed E-state index contributed by atoms with van der Waals surface area (Å²) >= 11 is 0. The minimum Gasteiger partial charge on any atom is -0.352 e. The molecular formula is C13H28N2O. The highest BCUT2D eigenvalue weighted by molar-refractivity contribution is 5.81. The van der Waals surface area contributed by atoms with E-state index in [4.69, 9.17) is 5.73 Å². The molecule has 0 bridgehead atoms. The third kappa shape index (κ3) is 6.83. The summed E-state index contributed by atoms with van der Waals surface area (Å²) in [5.41, 5.74) is 5.82. The van der Waals surface area contributed by atoms with Crippen LogP contribution in [0.1, 0.15) is 53.9 Å². The Balaban J connectivity index is 3.94. The highest BCUT2D eigenvalue weighted by Gasteiger charge is 2.17. The zero-order chi connectivity index (χ0) is 12.7. The predicted octanol–water partition coefficient (Wildman–Crippen LogP) is 2.30. The molecule has 3 heteroatoms. The highest BCUT2D eigenvalue weighted by Crippen LogP contribution is 2.10. The van der Waals surface area contributed by atoms with Crippen molar-refractivity contribution in [1.82, 2.24) is 5.32 Å². The molecule has 0 aliphatic carbocycles. The van der Waals surface area contributed by atoms with Gasteiger partial charge < -0.3 is 11.1 Å². The molecule has 1 amide bonds. The van der Waals surface area contributed by atoms with Crippen LogP contribution in [0.2, 0.25) is 0 Å². The van der Waals surface area contributed by atoms with E-state index >= 15 is 0 Å². The lowest BCUT2D eigenvalue weighted by molar-refractivity contribution is -0.123. The van der Waals surface area contributed by atoms with E-state index in [-0.39, 0.29) is 18.0 Å². The van der Waals surface area contributed by atoms with Crippen molar-refractivity contribution in [3.8, 4) is 0 Å². The molecule has 0 radical (unpaired) electrons. The lowest BCUT2D eigenvalue weighted by atomic mass is 9.99. The number of hydrogen-bond donors (Lipinski definition) is 2. The third-order valence-electron chi connectivity index (χ3n) is 2.90. The lowest BCUT2D eigenvalue weighted by Gasteiger charge is -2.20. The number of nitrogens with two attached hydrogens (primary N) is 1. The fourth-order valence-corrected chi connectivity index (χ4v) is 1.79. The molecule has 0 aromatic rings. The molecule has 96 valence electrons. The summed E-state index contributed by atoms with van der Waals surface area (Å²) in [6, 6.07) is -0.139. The Kier molecular flexibility index (Phi) is 7.39. The van der Waals surface area contributed by atoms with Gasteiger partial charge in [-0.1, -0.05) is 34.1 Å². The molecule has 3 nitrogen and oxygen atoms in total. The van der Waals surface area contributed by atoms with Crippen LogP contribution >= 0.6 is 0 Å². The van der Waals surface area contributed by atoms with Crippen molar-refractivity contribution >= 4 is 5.91 Å². The van der Waals surface area contributed by atoms with Gasteiger partial charge in [-0.2, -0.15) is 0 Å². The zero-order valence-electron chi connectivity index (χ0n) is 11.4. The molecule has 0 saturated carbocycles. The monoisotopic (exact) mass is 228 g/mol. The van der Waals surface area contributed by atoms with E-state index in [9.17, 15) is 4.79 Å². The maximum Gasteiger partial charge on any atom is 0.237 e. The van der Waals surface area contributed by atoms with Gasteiger partial charge in [-0.05, 0) is 31.6 Å². The number of amides is 1. The van der Waals surface area contributed by atoms with Gasteiger partial charge in [0.05, 0.1) is 6.04 Å². The molecular weight excluding hydrogens is 200 g/mol. The molecule has 0 spiro atoms. The fourth-order valence-electron chi connectivity index (χ4n) is 1.79. The molecule has 0 rings (SSSR count). The van der Waals surface area contributed by atoms with Crippen molar-refractivity contribution in [3.63, 3.8) is 0 Å². The van der Waals surface area contributed by atoms with E-state index in [1.54, 1.807) is 0 Å². The van der Waals surface area contributed by atoms with Crippen LogP contribution in [-0.4, -0.2) is 18.0 Å². The average Bonchev–Trinajstić information content (AvgIpc) is 2.16. The summed E-state index contributed by atoms with van der Waals surface area (Å²) < 4.78 is 0. The van der Waals surface area contributed by atoms with E-state index in [0.29, 0.717) is 11.8 Å². The first-order valence-corrected chi connectivity index (χ1v) is 6.42. The molecule has 0 aliphatic rings. The molecule has 0 saturated heterocycles. The van der Waals surface area contributed by atoms with Crippen molar-refractivity contribution in [2.45, 2.75) is 66.0 Å². The number of hydrogen-bond acceptors (Lipinski definition) is 2. The number of nitrogens with one attached hydrogen (secondary N) is 1. The van der Waals surface area contributed by atoms with E-state index in [0.717, 1.165) is 19.3 Å². The van der Waals surface area contributed by atoms with Crippen molar-refractivity contribution < 1.29 is 4.79 Å². The minimum absolute atomic E-state index is 0.00972. The Morgan fingerprint density at radius 1 is 1.19 bits per heavy atom. The molecule has 2 unspecified atom stereocenters. The summed E-state index contributed by atoms with van der Waals surface area (Å²) in [6.07, 6.45) is 2.93. The number of carbonyl (C=O) groups excluding carboxylic acids is 1. The standard InChI is InChI=1S/C13H28N2O/c1-6-10(4)8-11(5)15-13(16)12(14)7-9(2)3/h9-12H,6-8,14H2,1-5H3,(H,15,16)/t10?,11?,12-/m1/s1. The SMILES string of the molecule is CCC(C)CC(C)NC(=O)[C@H](N)CC(C)C. The van der Waals surface area contributed by atoms with Gasteiger partial charge in [0.1, 0.15) is 0 Å². The van der Waals surface area contributed by atoms with Crippen LogP contribution in [0.5, 0.6) is 0 Å². The number of rotatable bonds is 7. The Hall–Kier alpha value is -0.570. The van der Waals surface area contributed by atoms with E-state index < -0.39 is 0 Å². The second-order valence-corrected chi connectivity index (χ2v) is 5.39. The normalized spacial score (nSPS) is 16.9. The van der Waals surface area contributed by atoms with Crippen molar-refractivity contribution in [2.75, 3.05) is 0 Å². The Morgan fingerprint density at radius 2 is 1.75 bits per heavy atom. The summed E-state index contributed by atoms with van der Waals surface area (Å²) in [4.78, 5) is 11.7. The van der Waals surface area contributed by atoms with Gasteiger partial charge in [0, 0.05) is 6.04 Å². The molecule has 0 fully saturated rings. The Labute approximate surface area is 100 Å². The largest absolute Gasteiger partial charge is 0.352 e. The van der Waals surface area contributed by atoms with Gasteiger partial charge >= 0.3 is 0 Å². The summed E-state index contributed by atoms with van der Waals surface area (Å²) in [7, 11) is 0. The van der Waals surface area contributed by atoms with Crippen LogP contribution in [0.3, 0.4) is 0 Å². The Morgan fingerprint density at radius 3 is 2.19 bits per heavy atom. The topological polar surface area (TPSA) is 55.1 Å². The van der Waals surface area contributed by atoms with Crippen molar-refractivity contribution in [3.05, 3.63) is 0 Å². The first-order valence-electron chi connectivity index (χ1n) is 6.42. The van der Waals surface area contributed by atoms with Gasteiger partial charge in [0.15, 0.2) is 0 Å². The summed E-state index contributed by atoms with van der Waals surface area (Å²) in [6.45, 7) is 10.6. The van der Waals surface area contributed by atoms with E-state index in [1.807, 2.05) is 6.92 Å². The number of carbonyl (C=O) groups is 1. The first-order chi connectivity index (χ1) is 7.36. The quantitative estimate of drug-likeness (QED) is 0.702. The van der Waals surface area contributed by atoms with Crippen LogP contribution in [0.15, 0.2) is 0 Å². The van der Waals surface area contributed by atoms with E-state index in [2.05, 4.69) is 33.0 Å². The fraction of sp³-hybridized carbons (Fsp3) is 0.923. The molecule has 3 atom stereocenters. The summed E-state index contributed by atoms with van der Waals surface area (Å²) in [5.74, 6) is 1.10. The predicted molar refractivity (Wildman–Crippen MR) is 69.1 cm³/mol. The molecule has 0 aliphatic heterocycles. The van der Waals surface area contributed by atoms with Crippen LogP contribution in [0, 0.1) is 11.8 Å². The van der Waals surface area contributed by atoms with Gasteiger partial charge in [-0.25, -0.2) is 0 Å². The van der Waals surface area contributed by atoms with Gasteiger partial charge in [-0.15, -0.1) is 0 Å². The van der Waals surface area contributed by atoms with Gasteiger partial charge in [0.25, 0.3) is 0 Å². The smallest absolute Gasteiger partial charge is 0.237 e. The van der Waals surface area contributed by atoms with Crippen LogP contribution in [0.25, 0.3) is 0 Å². The molecule has 0 aromatic carbocycles. The minimum atomic E-state index is -0.362. The third-order valence-corrected chi connectivity index (χ3v) is 2.90. The van der Waals surface area contributed by atoms with Crippen molar-refractivity contribution in [1.29, 1.82) is 0 Å². The molecule has 16 heavy (non-hydrogen) atoms. The summed E-state index contributed by atoms with van der Waals surface area (Å²) in [5, 5.41) is 2.99. The van der Waals surface area contributed by atoms with E-state index in [1.165, 1.54) is 0 Å². The van der Waals surface area contributed by atoms with Crippen LogP contribution < -0.4 is 11.1 Å². The zero-order valence-corrected chi connectivity index (χ0v) is 11.4. The average molecular weight is 228 g/mol. The van der Waals surface area contributed by atoms with Gasteiger partial charge in [0.2, 0.25) is 5.91 Å². The maximum absolute atomic E-state index is 11.7. The molecule has 0 heterocycles. The molecule has 0 aromatic heterocycles. The second kappa shape index (κ2) is 7.66.